The van der Waals surface area contributed by atoms with Gasteiger partial charge in [0.2, 0.25) is 11.8 Å². The van der Waals surface area contributed by atoms with Gasteiger partial charge in [0, 0.05) is 30.7 Å². The molecule has 7 nitrogen and oxygen atoms in total. The van der Waals surface area contributed by atoms with E-state index in [1.165, 1.54) is 0 Å². The summed E-state index contributed by atoms with van der Waals surface area (Å²) in [6.07, 6.45) is 0.775. The van der Waals surface area contributed by atoms with Gasteiger partial charge in [0.15, 0.2) is 0 Å². The molecule has 0 saturated heterocycles. The Bertz CT molecular complexity index is 1590. The molecule has 6 rings (SSSR count). The lowest BCUT2D eigenvalue weighted by atomic mass is 9.85. The third-order valence-electron chi connectivity index (χ3n) is 9.76. The molecule has 7 heteroatoms. The fraction of sp³-hybridized carbons (Fsp3) is 0.333. The summed E-state index contributed by atoms with van der Waals surface area (Å²) in [4.78, 5) is 29.4. The molecule has 0 saturated carbocycles. The molecular formula is C39H43N3O4. The first-order valence-electron chi connectivity index (χ1n) is 16.3. The summed E-state index contributed by atoms with van der Waals surface area (Å²) < 4.78 is 0. The average molecular weight is 618 g/mol. The number of aliphatic hydroxyl groups is 2. The average Bonchev–Trinajstić information content (AvgIpc) is 3.57. The number of primary amides is 1. The van der Waals surface area contributed by atoms with Crippen molar-refractivity contribution in [3.63, 3.8) is 0 Å². The zero-order valence-electron chi connectivity index (χ0n) is 26.0. The predicted molar refractivity (Wildman–Crippen MR) is 178 cm³/mol. The minimum absolute atomic E-state index is 0.167. The molecule has 2 aliphatic rings. The van der Waals surface area contributed by atoms with E-state index in [0.717, 1.165) is 33.4 Å². The summed E-state index contributed by atoms with van der Waals surface area (Å²) in [6, 6.07) is 33.5. The van der Waals surface area contributed by atoms with Crippen LogP contribution in [-0.4, -0.2) is 45.2 Å². The highest BCUT2D eigenvalue weighted by atomic mass is 16.3. The van der Waals surface area contributed by atoms with E-state index in [-0.39, 0.29) is 5.91 Å². The Labute approximate surface area is 270 Å². The first kappa shape index (κ1) is 31.7. The number of nitrogens with two attached hydrogens (primary N) is 2. The van der Waals surface area contributed by atoms with Crippen molar-refractivity contribution in [1.82, 2.24) is 4.90 Å². The van der Waals surface area contributed by atoms with E-state index in [0.29, 0.717) is 38.5 Å². The lowest BCUT2D eigenvalue weighted by molar-refractivity contribution is -0.147. The van der Waals surface area contributed by atoms with Crippen LogP contribution in [0.5, 0.6) is 0 Å². The molecule has 6 N–H and O–H groups in total. The Balaban J connectivity index is 1.35. The number of benzene rings is 4. The molecular weight excluding hydrogens is 574 g/mol. The minimum atomic E-state index is -0.822. The van der Waals surface area contributed by atoms with Gasteiger partial charge < -0.3 is 26.6 Å². The van der Waals surface area contributed by atoms with Crippen molar-refractivity contribution in [2.24, 2.45) is 23.3 Å². The number of aliphatic hydroxyl groups excluding tert-OH is 2. The lowest BCUT2D eigenvalue weighted by Crippen LogP contribution is -2.48. The molecule has 4 aromatic rings. The molecule has 2 amide bonds. The highest BCUT2D eigenvalue weighted by Crippen LogP contribution is 2.46. The topological polar surface area (TPSA) is 130 Å². The van der Waals surface area contributed by atoms with Gasteiger partial charge in [0.25, 0.3) is 0 Å². The summed E-state index contributed by atoms with van der Waals surface area (Å²) >= 11 is 0. The van der Waals surface area contributed by atoms with Gasteiger partial charge >= 0.3 is 0 Å². The third-order valence-corrected chi connectivity index (χ3v) is 9.76. The number of nitrogens with zero attached hydrogens (tertiary/aromatic N) is 1. The molecule has 0 aliphatic heterocycles. The Kier molecular flexibility index (Phi) is 9.64. The first-order chi connectivity index (χ1) is 22.3. The summed E-state index contributed by atoms with van der Waals surface area (Å²) in [5, 5.41) is 23.1. The van der Waals surface area contributed by atoms with Crippen molar-refractivity contribution >= 4 is 11.8 Å². The van der Waals surface area contributed by atoms with Gasteiger partial charge in [-0.25, -0.2) is 0 Å². The van der Waals surface area contributed by atoms with Crippen molar-refractivity contribution in [3.05, 3.63) is 143 Å². The molecule has 0 bridgehead atoms. The maximum absolute atomic E-state index is 15.1. The quantitative estimate of drug-likeness (QED) is 0.187. The minimum Gasteiger partial charge on any atom is -0.390 e. The number of hydrogen-bond donors (Lipinski definition) is 4. The van der Waals surface area contributed by atoms with Crippen molar-refractivity contribution in [3.8, 4) is 0 Å². The standard InChI is InChI=1S/C39H43N3O4/c40-31(21-29(38(41)45)19-25-11-3-1-4-12-25)22-30(20-26-13-5-2-6-14-26)39(46)42(36-32-17-9-7-15-27(32)23-34(36)43)37-33-18-10-8-16-28(33)24-35(37)44/h1-18,29-31,34-37,43-44H,19-24,40H2,(H2,41,45)/t29?,30-,31-,34-,35-,36+,37+/m1/s1. The van der Waals surface area contributed by atoms with Crippen LogP contribution >= 0.6 is 0 Å². The zero-order valence-corrected chi connectivity index (χ0v) is 26.0. The van der Waals surface area contributed by atoms with Crippen LogP contribution in [0.1, 0.15) is 58.3 Å². The molecule has 1 unspecified atom stereocenters. The van der Waals surface area contributed by atoms with Crippen molar-refractivity contribution in [1.29, 1.82) is 0 Å². The molecule has 0 aromatic heterocycles. The molecule has 46 heavy (non-hydrogen) atoms. The Hall–Kier alpha value is -4.30. The Morgan fingerprint density at radius 1 is 0.652 bits per heavy atom. The van der Waals surface area contributed by atoms with Gasteiger partial charge in [-0.2, -0.15) is 0 Å². The van der Waals surface area contributed by atoms with Crippen molar-refractivity contribution in [2.45, 2.75) is 68.9 Å². The SMILES string of the molecule is NC(=O)C(Cc1ccccc1)C[C@@H](N)C[C@@H](Cc1ccccc1)C(=O)N([C@H]1c2ccccc2C[C@H]1O)[C@H]1c2ccccc2C[C@H]1O. The molecule has 0 radical (unpaired) electrons. The number of hydrogen-bond acceptors (Lipinski definition) is 5. The van der Waals surface area contributed by atoms with Gasteiger partial charge in [0.1, 0.15) is 0 Å². The molecule has 0 spiro atoms. The van der Waals surface area contributed by atoms with E-state index < -0.39 is 48.1 Å². The van der Waals surface area contributed by atoms with E-state index in [1.54, 1.807) is 4.90 Å². The smallest absolute Gasteiger partial charge is 0.227 e. The Morgan fingerprint density at radius 2 is 1.07 bits per heavy atom. The number of fused-ring (bicyclic) bond motifs is 2. The molecule has 7 atom stereocenters. The van der Waals surface area contributed by atoms with E-state index in [1.807, 2.05) is 109 Å². The second kappa shape index (κ2) is 14.0. The predicted octanol–water partition coefficient (Wildman–Crippen LogP) is 4.44. The Morgan fingerprint density at radius 3 is 1.54 bits per heavy atom. The molecule has 4 aromatic carbocycles. The first-order valence-corrected chi connectivity index (χ1v) is 16.3. The molecule has 0 fully saturated rings. The molecule has 238 valence electrons. The van der Waals surface area contributed by atoms with Crippen LogP contribution in [0.3, 0.4) is 0 Å². The molecule has 0 heterocycles. The number of carbonyl (C=O) groups is 2. The summed E-state index contributed by atoms with van der Waals surface area (Å²) in [6.45, 7) is 0. The highest BCUT2D eigenvalue weighted by molar-refractivity contribution is 5.81. The van der Waals surface area contributed by atoms with Gasteiger partial charge in [-0.3, -0.25) is 9.59 Å². The second-order valence-electron chi connectivity index (χ2n) is 13.0. The number of amides is 2. The fourth-order valence-corrected chi connectivity index (χ4v) is 7.63. The van der Waals surface area contributed by atoms with E-state index in [9.17, 15) is 15.0 Å². The van der Waals surface area contributed by atoms with Gasteiger partial charge in [-0.15, -0.1) is 0 Å². The third kappa shape index (κ3) is 6.77. The number of carbonyl (C=O) groups excluding carboxylic acids is 2. The van der Waals surface area contributed by atoms with E-state index >= 15 is 4.79 Å². The largest absolute Gasteiger partial charge is 0.390 e. The summed E-state index contributed by atoms with van der Waals surface area (Å²) in [7, 11) is 0. The normalized spacial score (nSPS) is 22.0. The summed E-state index contributed by atoms with van der Waals surface area (Å²) in [5.41, 5.74) is 18.5. The van der Waals surface area contributed by atoms with Crippen LogP contribution in [0.25, 0.3) is 0 Å². The monoisotopic (exact) mass is 617 g/mol. The van der Waals surface area contributed by atoms with Crippen LogP contribution in [0, 0.1) is 11.8 Å². The molecule has 2 aliphatic carbocycles. The van der Waals surface area contributed by atoms with E-state index in [2.05, 4.69) is 0 Å². The van der Waals surface area contributed by atoms with Crippen LogP contribution in [0.2, 0.25) is 0 Å². The summed E-state index contributed by atoms with van der Waals surface area (Å²) in [5.74, 6) is -1.63. The number of rotatable bonds is 12. The van der Waals surface area contributed by atoms with Gasteiger partial charge in [-0.1, -0.05) is 109 Å². The van der Waals surface area contributed by atoms with Gasteiger partial charge in [-0.05, 0) is 59.1 Å². The van der Waals surface area contributed by atoms with Crippen molar-refractivity contribution in [2.75, 3.05) is 0 Å². The maximum atomic E-state index is 15.1. The second-order valence-corrected chi connectivity index (χ2v) is 13.0. The van der Waals surface area contributed by atoms with Crippen LogP contribution in [0.15, 0.2) is 109 Å². The van der Waals surface area contributed by atoms with Crippen LogP contribution in [-0.2, 0) is 35.3 Å². The highest BCUT2D eigenvalue weighted by Gasteiger charge is 2.47. The zero-order chi connectivity index (χ0) is 32.2. The van der Waals surface area contributed by atoms with Crippen LogP contribution < -0.4 is 11.5 Å². The lowest BCUT2D eigenvalue weighted by Gasteiger charge is -2.41. The van der Waals surface area contributed by atoms with Crippen molar-refractivity contribution < 1.29 is 19.8 Å². The maximum Gasteiger partial charge on any atom is 0.227 e. The van der Waals surface area contributed by atoms with Crippen LogP contribution in [0.4, 0.5) is 0 Å². The van der Waals surface area contributed by atoms with Gasteiger partial charge in [0.05, 0.1) is 24.3 Å². The fourth-order valence-electron chi connectivity index (χ4n) is 7.63. The van der Waals surface area contributed by atoms with E-state index in [4.69, 9.17) is 11.5 Å².